The number of carbonyl (C=O) groups excluding carboxylic acids is 1. The van der Waals surface area contributed by atoms with Gasteiger partial charge in [-0.2, -0.15) is 13.2 Å². The van der Waals surface area contributed by atoms with Crippen molar-refractivity contribution in [1.82, 2.24) is 9.80 Å². The molecule has 1 heterocycles. The van der Waals surface area contributed by atoms with Gasteiger partial charge in [-0.25, -0.2) is 0 Å². The molecule has 154 valence electrons. The highest BCUT2D eigenvalue weighted by molar-refractivity contribution is 6.30. The minimum Gasteiger partial charge on any atom is -0.340 e. The number of halogens is 4. The van der Waals surface area contributed by atoms with Crippen molar-refractivity contribution in [1.29, 1.82) is 0 Å². The van der Waals surface area contributed by atoms with Gasteiger partial charge in [-0.3, -0.25) is 9.69 Å². The average molecular weight is 423 g/mol. The molecule has 0 aromatic heterocycles. The van der Waals surface area contributed by atoms with E-state index in [9.17, 15) is 18.0 Å². The summed E-state index contributed by atoms with van der Waals surface area (Å²) in [5.74, 6) is 0.0625. The fourth-order valence-corrected chi connectivity index (χ4v) is 4.09. The zero-order valence-corrected chi connectivity index (χ0v) is 16.6. The maximum atomic E-state index is 12.8. The second-order valence-corrected chi connectivity index (χ2v) is 8.23. The first-order valence-corrected chi connectivity index (χ1v) is 10.1. The lowest BCUT2D eigenvalue weighted by Gasteiger charge is -2.35. The van der Waals surface area contributed by atoms with E-state index < -0.39 is 11.7 Å². The molecule has 1 saturated carbocycles. The summed E-state index contributed by atoms with van der Waals surface area (Å²) in [6.45, 7) is 3.82. The highest BCUT2D eigenvalue weighted by Gasteiger charge is 2.46. The van der Waals surface area contributed by atoms with E-state index >= 15 is 0 Å². The van der Waals surface area contributed by atoms with Crippen LogP contribution in [0.1, 0.15) is 29.0 Å². The fraction of sp³-hybridized carbons (Fsp3) is 0.409. The standard InChI is InChI=1S/C22H22ClF3N2O/c23-18-7-1-15(2-8-18)14-27-9-11-28(12-10-27)21(29)20-13-19(20)16-3-5-17(6-4-16)22(24,25)26/h1-8,19-20H,9-14H2. The maximum Gasteiger partial charge on any atom is 0.416 e. The molecule has 0 radical (unpaired) electrons. The van der Waals surface area contributed by atoms with Crippen LogP contribution in [0.15, 0.2) is 48.5 Å². The van der Waals surface area contributed by atoms with Crippen molar-refractivity contribution in [2.24, 2.45) is 5.92 Å². The van der Waals surface area contributed by atoms with Crippen molar-refractivity contribution in [3.63, 3.8) is 0 Å². The number of rotatable bonds is 4. The minimum atomic E-state index is -4.33. The molecule has 1 aliphatic carbocycles. The monoisotopic (exact) mass is 422 g/mol. The molecule has 2 aromatic carbocycles. The van der Waals surface area contributed by atoms with Gasteiger partial charge in [0.25, 0.3) is 0 Å². The predicted molar refractivity (Wildman–Crippen MR) is 106 cm³/mol. The summed E-state index contributed by atoms with van der Waals surface area (Å²) in [4.78, 5) is 17.0. The van der Waals surface area contributed by atoms with Gasteiger partial charge in [0, 0.05) is 43.7 Å². The van der Waals surface area contributed by atoms with Crippen LogP contribution in [0.3, 0.4) is 0 Å². The Kier molecular flexibility index (Phi) is 5.58. The largest absolute Gasteiger partial charge is 0.416 e. The van der Waals surface area contributed by atoms with Crippen LogP contribution in [0.25, 0.3) is 0 Å². The van der Waals surface area contributed by atoms with E-state index in [-0.39, 0.29) is 17.7 Å². The first kappa shape index (κ1) is 20.2. The number of piperazine rings is 1. The normalized spacial score (nSPS) is 22.6. The molecular formula is C22H22ClF3N2O. The van der Waals surface area contributed by atoms with Gasteiger partial charge in [0.05, 0.1) is 5.56 Å². The molecule has 1 saturated heterocycles. The zero-order chi connectivity index (χ0) is 20.6. The molecule has 2 aliphatic rings. The van der Waals surface area contributed by atoms with E-state index in [2.05, 4.69) is 4.90 Å². The molecule has 3 nitrogen and oxygen atoms in total. The van der Waals surface area contributed by atoms with Crippen molar-refractivity contribution < 1.29 is 18.0 Å². The molecule has 2 atom stereocenters. The lowest BCUT2D eigenvalue weighted by atomic mass is 10.1. The number of alkyl halides is 3. The number of carbonyl (C=O) groups is 1. The number of hydrogen-bond acceptors (Lipinski definition) is 2. The summed E-state index contributed by atoms with van der Waals surface area (Å²) in [7, 11) is 0. The van der Waals surface area contributed by atoms with Gasteiger partial charge in [0.2, 0.25) is 5.91 Å². The summed E-state index contributed by atoms with van der Waals surface area (Å²) in [5.41, 5.74) is 1.36. The number of benzene rings is 2. The van der Waals surface area contributed by atoms with Crippen molar-refractivity contribution in [2.45, 2.75) is 25.1 Å². The highest BCUT2D eigenvalue weighted by Crippen LogP contribution is 2.49. The summed E-state index contributed by atoms with van der Waals surface area (Å²) < 4.78 is 38.1. The van der Waals surface area contributed by atoms with E-state index in [0.29, 0.717) is 13.1 Å². The SMILES string of the molecule is O=C(C1CC1c1ccc(C(F)(F)F)cc1)N1CCN(Cc2ccc(Cl)cc2)CC1. The molecule has 1 aliphatic heterocycles. The Morgan fingerprint density at radius 3 is 2.17 bits per heavy atom. The summed E-state index contributed by atoms with van der Waals surface area (Å²) >= 11 is 5.92. The minimum absolute atomic E-state index is 0.0388. The van der Waals surface area contributed by atoms with Crippen LogP contribution < -0.4 is 0 Å². The molecule has 4 rings (SSSR count). The van der Waals surface area contributed by atoms with Gasteiger partial charge in [-0.1, -0.05) is 35.9 Å². The predicted octanol–water partition coefficient (Wildman–Crippen LogP) is 4.81. The van der Waals surface area contributed by atoms with E-state index in [4.69, 9.17) is 11.6 Å². The number of nitrogens with zero attached hydrogens (tertiary/aromatic N) is 2. The average Bonchev–Trinajstić information content (AvgIpc) is 3.50. The Balaban J connectivity index is 1.28. The lowest BCUT2D eigenvalue weighted by molar-refractivity contribution is -0.137. The van der Waals surface area contributed by atoms with E-state index in [0.717, 1.165) is 48.8 Å². The fourth-order valence-electron chi connectivity index (χ4n) is 3.96. The van der Waals surface area contributed by atoms with Gasteiger partial charge in [0.15, 0.2) is 0 Å². The van der Waals surface area contributed by atoms with Gasteiger partial charge < -0.3 is 4.90 Å². The molecule has 0 N–H and O–H groups in total. The Bertz CT molecular complexity index is 859. The molecule has 2 fully saturated rings. The Hall–Kier alpha value is -2.05. The van der Waals surface area contributed by atoms with Crippen LogP contribution >= 0.6 is 11.6 Å². The van der Waals surface area contributed by atoms with Gasteiger partial charge >= 0.3 is 6.18 Å². The van der Waals surface area contributed by atoms with Crippen LogP contribution in [-0.4, -0.2) is 41.9 Å². The summed E-state index contributed by atoms with van der Waals surface area (Å²) in [6.07, 6.45) is -3.61. The molecule has 0 spiro atoms. The van der Waals surface area contributed by atoms with Crippen LogP contribution in [-0.2, 0) is 17.5 Å². The Morgan fingerprint density at radius 2 is 1.59 bits per heavy atom. The van der Waals surface area contributed by atoms with Crippen LogP contribution in [0.5, 0.6) is 0 Å². The van der Waals surface area contributed by atoms with E-state index in [1.807, 2.05) is 29.2 Å². The maximum absolute atomic E-state index is 12.8. The zero-order valence-electron chi connectivity index (χ0n) is 15.8. The molecule has 29 heavy (non-hydrogen) atoms. The molecular weight excluding hydrogens is 401 g/mol. The molecule has 0 bridgehead atoms. The van der Waals surface area contributed by atoms with Gasteiger partial charge in [-0.05, 0) is 47.7 Å². The van der Waals surface area contributed by atoms with Gasteiger partial charge in [-0.15, -0.1) is 0 Å². The molecule has 2 aromatic rings. The molecule has 7 heteroatoms. The van der Waals surface area contributed by atoms with Crippen molar-refractivity contribution in [3.8, 4) is 0 Å². The number of amides is 1. The second kappa shape index (κ2) is 8.00. The van der Waals surface area contributed by atoms with Crippen molar-refractivity contribution in [2.75, 3.05) is 26.2 Å². The van der Waals surface area contributed by atoms with Crippen molar-refractivity contribution in [3.05, 3.63) is 70.2 Å². The number of hydrogen-bond donors (Lipinski definition) is 0. The molecule has 1 amide bonds. The lowest BCUT2D eigenvalue weighted by Crippen LogP contribution is -2.48. The third-order valence-corrected chi connectivity index (χ3v) is 6.03. The topological polar surface area (TPSA) is 23.6 Å². The van der Waals surface area contributed by atoms with Crippen LogP contribution in [0, 0.1) is 5.92 Å². The van der Waals surface area contributed by atoms with Crippen molar-refractivity contribution >= 4 is 17.5 Å². The third-order valence-electron chi connectivity index (χ3n) is 5.78. The highest BCUT2D eigenvalue weighted by atomic mass is 35.5. The first-order valence-electron chi connectivity index (χ1n) is 9.74. The van der Waals surface area contributed by atoms with Crippen LogP contribution in [0.2, 0.25) is 5.02 Å². The third kappa shape index (κ3) is 4.75. The first-order chi connectivity index (χ1) is 13.8. The van der Waals surface area contributed by atoms with Crippen LogP contribution in [0.4, 0.5) is 13.2 Å². The Morgan fingerprint density at radius 1 is 0.966 bits per heavy atom. The molecule has 2 unspecified atom stereocenters. The summed E-state index contributed by atoms with van der Waals surface area (Å²) in [5, 5.41) is 0.719. The second-order valence-electron chi connectivity index (χ2n) is 7.80. The smallest absolute Gasteiger partial charge is 0.340 e. The quantitative estimate of drug-likeness (QED) is 0.706. The van der Waals surface area contributed by atoms with Gasteiger partial charge in [0.1, 0.15) is 0 Å². The van der Waals surface area contributed by atoms with E-state index in [1.54, 1.807) is 0 Å². The summed E-state index contributed by atoms with van der Waals surface area (Å²) in [6, 6.07) is 13.0. The van der Waals surface area contributed by atoms with E-state index in [1.165, 1.54) is 17.7 Å². The Labute approximate surface area is 173 Å².